The number of carbonyl (C=O) groups excluding carboxylic acids is 1. The highest BCUT2D eigenvalue weighted by molar-refractivity contribution is 5.77. The first-order chi connectivity index (χ1) is 10.7. The smallest absolute Gasteiger partial charge is 0.394 e. The van der Waals surface area contributed by atoms with Crippen molar-refractivity contribution < 1.29 is 27.9 Å². The van der Waals surface area contributed by atoms with Crippen LogP contribution in [0.2, 0.25) is 0 Å². The summed E-state index contributed by atoms with van der Waals surface area (Å²) in [6.07, 6.45) is -0.407. The highest BCUT2D eigenvalue weighted by atomic mass is 19.4. The van der Waals surface area contributed by atoms with Crippen LogP contribution in [0.3, 0.4) is 0 Å². The molecule has 5 nitrogen and oxygen atoms in total. The summed E-state index contributed by atoms with van der Waals surface area (Å²) in [7, 11) is 0. The Balaban J connectivity index is 1.86. The Bertz CT molecular complexity index is 448. The molecule has 0 radical (unpaired) electrons. The Hall–Kier alpha value is -1.47. The van der Waals surface area contributed by atoms with Crippen LogP contribution in [0.1, 0.15) is 32.6 Å². The Morgan fingerprint density at radius 2 is 1.78 bits per heavy atom. The third-order valence-electron chi connectivity index (χ3n) is 5.02. The molecule has 1 heterocycles. The number of halogens is 3. The lowest BCUT2D eigenvalue weighted by atomic mass is 9.83. The monoisotopic (exact) mass is 336 g/mol. The number of likely N-dealkylation sites (tertiary alicyclic amines) is 1. The molecule has 1 saturated heterocycles. The SMILES string of the molecule is CC1CCC(CNC(=O)N2C[C@@H](C(F)(F)F)[C@H](C(=O)O)C2)CC1. The molecule has 1 aliphatic carbocycles. The number of hydrogen-bond donors (Lipinski definition) is 2. The van der Waals surface area contributed by atoms with Crippen LogP contribution in [-0.2, 0) is 4.79 Å². The van der Waals surface area contributed by atoms with Gasteiger partial charge in [0.15, 0.2) is 0 Å². The third-order valence-corrected chi connectivity index (χ3v) is 5.02. The molecule has 2 fully saturated rings. The van der Waals surface area contributed by atoms with E-state index in [1.165, 1.54) is 0 Å². The highest BCUT2D eigenvalue weighted by Gasteiger charge is 2.53. The van der Waals surface area contributed by atoms with Crippen molar-refractivity contribution in [3.8, 4) is 0 Å². The number of nitrogens with zero attached hydrogens (tertiary/aromatic N) is 1. The van der Waals surface area contributed by atoms with Crippen molar-refractivity contribution in [2.45, 2.75) is 38.8 Å². The number of carbonyl (C=O) groups is 2. The molecular weight excluding hydrogens is 313 g/mol. The first-order valence-electron chi connectivity index (χ1n) is 8.00. The lowest BCUT2D eigenvalue weighted by Gasteiger charge is -2.27. The molecule has 0 bridgehead atoms. The number of alkyl halides is 3. The van der Waals surface area contributed by atoms with E-state index in [4.69, 9.17) is 5.11 Å². The van der Waals surface area contributed by atoms with Gasteiger partial charge in [0, 0.05) is 19.6 Å². The zero-order valence-electron chi connectivity index (χ0n) is 13.1. The maximum Gasteiger partial charge on any atom is 0.394 e. The molecule has 0 aromatic heterocycles. The van der Waals surface area contributed by atoms with E-state index in [0.29, 0.717) is 18.4 Å². The average Bonchev–Trinajstić information content (AvgIpc) is 2.92. The summed E-state index contributed by atoms with van der Waals surface area (Å²) in [5.74, 6) is -4.06. The van der Waals surface area contributed by atoms with Gasteiger partial charge in [0.2, 0.25) is 0 Å². The van der Waals surface area contributed by atoms with E-state index in [2.05, 4.69) is 12.2 Å². The number of rotatable bonds is 3. The number of carboxylic acids is 1. The molecule has 2 atom stereocenters. The van der Waals surface area contributed by atoms with E-state index in [9.17, 15) is 22.8 Å². The summed E-state index contributed by atoms with van der Waals surface area (Å²) in [6, 6.07) is -0.596. The molecule has 2 amide bonds. The highest BCUT2D eigenvalue weighted by Crippen LogP contribution is 2.37. The third kappa shape index (κ3) is 4.51. The van der Waals surface area contributed by atoms with Crippen molar-refractivity contribution in [2.75, 3.05) is 19.6 Å². The quantitative estimate of drug-likeness (QED) is 0.832. The second-order valence-electron chi connectivity index (χ2n) is 6.81. The largest absolute Gasteiger partial charge is 0.481 e. The summed E-state index contributed by atoms with van der Waals surface area (Å²) >= 11 is 0. The lowest BCUT2D eigenvalue weighted by molar-refractivity contribution is -0.187. The van der Waals surface area contributed by atoms with E-state index in [-0.39, 0.29) is 0 Å². The number of urea groups is 1. The fraction of sp³-hybridized carbons (Fsp3) is 0.867. The fourth-order valence-electron chi connectivity index (χ4n) is 3.43. The van der Waals surface area contributed by atoms with Crippen molar-refractivity contribution in [3.05, 3.63) is 0 Å². The van der Waals surface area contributed by atoms with E-state index < -0.39 is 43.1 Å². The first kappa shape index (κ1) is 17.9. The molecule has 1 saturated carbocycles. The molecule has 0 spiro atoms. The Morgan fingerprint density at radius 1 is 1.17 bits per heavy atom. The maximum absolute atomic E-state index is 12.9. The number of nitrogens with one attached hydrogen (secondary N) is 1. The molecule has 0 unspecified atom stereocenters. The summed E-state index contributed by atoms with van der Waals surface area (Å²) in [5, 5.41) is 11.6. The van der Waals surface area contributed by atoms with E-state index in [0.717, 1.165) is 30.6 Å². The second-order valence-corrected chi connectivity index (χ2v) is 6.81. The molecule has 2 rings (SSSR count). The van der Waals surface area contributed by atoms with Gasteiger partial charge in [0.1, 0.15) is 0 Å². The van der Waals surface area contributed by atoms with Crippen molar-refractivity contribution in [3.63, 3.8) is 0 Å². The summed E-state index contributed by atoms with van der Waals surface area (Å²) in [6.45, 7) is 1.64. The van der Waals surface area contributed by atoms with Gasteiger partial charge in [-0.25, -0.2) is 4.79 Å². The summed E-state index contributed by atoms with van der Waals surface area (Å²) in [5.41, 5.74) is 0. The number of carboxylic acid groups (broad SMARTS) is 1. The van der Waals surface area contributed by atoms with Gasteiger partial charge in [0.25, 0.3) is 0 Å². The van der Waals surface area contributed by atoms with Gasteiger partial charge in [-0.1, -0.05) is 19.8 Å². The van der Waals surface area contributed by atoms with Gasteiger partial charge in [-0.3, -0.25) is 4.79 Å². The predicted octanol–water partition coefficient (Wildman–Crippen LogP) is 2.72. The van der Waals surface area contributed by atoms with Crippen LogP contribution in [0.5, 0.6) is 0 Å². The van der Waals surface area contributed by atoms with E-state index in [1.807, 2.05) is 0 Å². The molecule has 0 aromatic carbocycles. The van der Waals surface area contributed by atoms with Crippen LogP contribution >= 0.6 is 0 Å². The van der Waals surface area contributed by atoms with Crippen LogP contribution in [-0.4, -0.2) is 47.8 Å². The molecular formula is C15H23F3N2O3. The maximum atomic E-state index is 12.9. The molecule has 2 aliphatic rings. The van der Waals surface area contributed by atoms with E-state index >= 15 is 0 Å². The van der Waals surface area contributed by atoms with Gasteiger partial charge < -0.3 is 15.3 Å². The number of amides is 2. The normalized spacial score (nSPS) is 31.9. The zero-order chi connectivity index (χ0) is 17.2. The van der Waals surface area contributed by atoms with Crippen LogP contribution in [0.4, 0.5) is 18.0 Å². The second kappa shape index (κ2) is 6.97. The van der Waals surface area contributed by atoms with Gasteiger partial charge in [-0.05, 0) is 24.7 Å². The molecule has 2 N–H and O–H groups in total. The van der Waals surface area contributed by atoms with Crippen molar-refractivity contribution in [2.24, 2.45) is 23.7 Å². The topological polar surface area (TPSA) is 69.6 Å². The number of aliphatic carboxylic acids is 1. The number of hydrogen-bond acceptors (Lipinski definition) is 2. The zero-order valence-corrected chi connectivity index (χ0v) is 13.1. The van der Waals surface area contributed by atoms with Gasteiger partial charge >= 0.3 is 18.2 Å². The van der Waals surface area contributed by atoms with E-state index in [1.54, 1.807) is 0 Å². The average molecular weight is 336 g/mol. The van der Waals surface area contributed by atoms with Crippen LogP contribution in [0.15, 0.2) is 0 Å². The first-order valence-corrected chi connectivity index (χ1v) is 8.00. The minimum Gasteiger partial charge on any atom is -0.481 e. The molecule has 0 aromatic rings. The van der Waals surface area contributed by atoms with Gasteiger partial charge in [0.05, 0.1) is 11.8 Å². The summed E-state index contributed by atoms with van der Waals surface area (Å²) in [4.78, 5) is 24.0. The Kier molecular flexibility index (Phi) is 5.41. The van der Waals surface area contributed by atoms with Gasteiger partial charge in [-0.15, -0.1) is 0 Å². The Labute approximate surface area is 133 Å². The van der Waals surface area contributed by atoms with Crippen molar-refractivity contribution in [1.82, 2.24) is 10.2 Å². The molecule has 8 heteroatoms. The van der Waals surface area contributed by atoms with Crippen LogP contribution in [0.25, 0.3) is 0 Å². The molecule has 1 aliphatic heterocycles. The standard InChI is InChI=1S/C15H23F3N2O3/c1-9-2-4-10(5-3-9)6-19-14(23)20-7-11(13(21)22)12(8-20)15(16,17)18/h9-12H,2-8H2,1H3,(H,19,23)(H,21,22)/t9?,10?,11-,12-/m1/s1. The fourth-order valence-corrected chi connectivity index (χ4v) is 3.43. The molecule has 132 valence electrons. The minimum atomic E-state index is -4.61. The van der Waals surface area contributed by atoms with Gasteiger partial charge in [-0.2, -0.15) is 13.2 Å². The predicted molar refractivity (Wildman–Crippen MR) is 76.8 cm³/mol. The van der Waals surface area contributed by atoms with Crippen molar-refractivity contribution in [1.29, 1.82) is 0 Å². The minimum absolute atomic E-state index is 0.353. The Morgan fingerprint density at radius 3 is 2.26 bits per heavy atom. The van der Waals surface area contributed by atoms with Crippen molar-refractivity contribution >= 4 is 12.0 Å². The lowest BCUT2D eigenvalue weighted by Crippen LogP contribution is -2.41. The van der Waals surface area contributed by atoms with Crippen LogP contribution in [0, 0.1) is 23.7 Å². The summed E-state index contributed by atoms with van der Waals surface area (Å²) < 4.78 is 38.7. The molecule has 23 heavy (non-hydrogen) atoms. The van der Waals surface area contributed by atoms with Crippen LogP contribution < -0.4 is 5.32 Å².